The Labute approximate surface area is 194 Å². The molecule has 1 heterocycles. The lowest BCUT2D eigenvalue weighted by Crippen LogP contribution is -2.37. The van der Waals surface area contributed by atoms with Crippen LogP contribution < -0.4 is 15.0 Å². The molecule has 0 saturated carbocycles. The summed E-state index contributed by atoms with van der Waals surface area (Å²) in [4.78, 5) is 27.1. The molecule has 0 aromatic heterocycles. The average Bonchev–Trinajstić information content (AvgIpc) is 2.82. The van der Waals surface area contributed by atoms with Crippen molar-refractivity contribution in [3.05, 3.63) is 95.6 Å². The Hall–Kier alpha value is -3.86. The molecule has 1 N–H and O–H groups in total. The maximum Gasteiger partial charge on any atom is 0.258 e. The molecule has 0 atom stereocenters. The number of carbonyl (C=O) groups excluding carboxylic acids is 2. The zero-order valence-electron chi connectivity index (χ0n) is 19.2. The Morgan fingerprint density at radius 3 is 2.39 bits per heavy atom. The highest BCUT2D eigenvalue weighted by atomic mass is 16.5. The van der Waals surface area contributed by atoms with E-state index in [-0.39, 0.29) is 17.2 Å². The second kappa shape index (κ2) is 9.33. The highest BCUT2D eigenvalue weighted by Gasteiger charge is 2.25. The van der Waals surface area contributed by atoms with Gasteiger partial charge in [-0.1, -0.05) is 63.2 Å². The van der Waals surface area contributed by atoms with Gasteiger partial charge >= 0.3 is 0 Å². The van der Waals surface area contributed by atoms with Crippen molar-refractivity contribution >= 4 is 29.3 Å². The molecule has 0 spiro atoms. The molecule has 168 valence electrons. The Balaban J connectivity index is 1.44. The molecule has 0 bridgehead atoms. The molecular formula is C28H28N2O3. The van der Waals surface area contributed by atoms with E-state index in [4.69, 9.17) is 4.74 Å². The number of hydrogen-bond acceptors (Lipinski definition) is 3. The third kappa shape index (κ3) is 5.32. The van der Waals surface area contributed by atoms with Crippen LogP contribution in [0.4, 0.5) is 11.4 Å². The first kappa shape index (κ1) is 22.3. The Morgan fingerprint density at radius 2 is 1.70 bits per heavy atom. The summed E-state index contributed by atoms with van der Waals surface area (Å²) in [5, 5.41) is 2.86. The van der Waals surface area contributed by atoms with Gasteiger partial charge in [-0.25, -0.2) is 0 Å². The van der Waals surface area contributed by atoms with E-state index in [2.05, 4.69) is 38.2 Å². The van der Waals surface area contributed by atoms with Crippen LogP contribution in [0.5, 0.6) is 5.75 Å². The molecule has 0 aliphatic carbocycles. The van der Waals surface area contributed by atoms with Gasteiger partial charge in [-0.3, -0.25) is 9.59 Å². The zero-order valence-corrected chi connectivity index (χ0v) is 19.2. The molecule has 3 aromatic rings. The standard InChI is InChI=1S/C28H28N2O3/c1-28(2,3)22-12-9-20(10-13-22)11-16-26(31)29-23-14-15-24-25(19-23)33-18-17-30(24)27(32)21-7-5-4-6-8-21/h4-16,19H,17-18H2,1-3H3,(H,29,31)/b16-11+. The van der Waals surface area contributed by atoms with Gasteiger partial charge in [-0.2, -0.15) is 0 Å². The normalized spacial score (nSPS) is 13.4. The van der Waals surface area contributed by atoms with Crippen LogP contribution in [-0.2, 0) is 10.2 Å². The topological polar surface area (TPSA) is 58.6 Å². The average molecular weight is 441 g/mol. The van der Waals surface area contributed by atoms with E-state index in [1.165, 1.54) is 11.6 Å². The van der Waals surface area contributed by atoms with E-state index in [1.807, 2.05) is 30.3 Å². The molecule has 0 unspecified atom stereocenters. The minimum Gasteiger partial charge on any atom is -0.489 e. The van der Waals surface area contributed by atoms with Crippen molar-refractivity contribution in [1.82, 2.24) is 0 Å². The molecule has 4 rings (SSSR count). The molecule has 0 fully saturated rings. The van der Waals surface area contributed by atoms with Gasteiger partial charge < -0.3 is 15.0 Å². The van der Waals surface area contributed by atoms with Crippen LogP contribution in [0.2, 0.25) is 0 Å². The molecule has 0 saturated heterocycles. The number of ether oxygens (including phenoxy) is 1. The molecule has 2 amide bonds. The summed E-state index contributed by atoms with van der Waals surface area (Å²) >= 11 is 0. The van der Waals surface area contributed by atoms with Gasteiger partial charge in [0.15, 0.2) is 0 Å². The molecule has 33 heavy (non-hydrogen) atoms. The first-order valence-electron chi connectivity index (χ1n) is 11.0. The number of rotatable bonds is 4. The van der Waals surface area contributed by atoms with Crippen LogP contribution in [0, 0.1) is 0 Å². The fourth-order valence-corrected chi connectivity index (χ4v) is 3.70. The summed E-state index contributed by atoms with van der Waals surface area (Å²) < 4.78 is 5.77. The third-order valence-corrected chi connectivity index (χ3v) is 5.56. The van der Waals surface area contributed by atoms with E-state index in [0.717, 1.165) is 5.56 Å². The predicted molar refractivity (Wildman–Crippen MR) is 133 cm³/mol. The second-order valence-electron chi connectivity index (χ2n) is 9.05. The lowest BCUT2D eigenvalue weighted by Gasteiger charge is -2.30. The van der Waals surface area contributed by atoms with Crippen LogP contribution in [0.3, 0.4) is 0 Å². The Morgan fingerprint density at radius 1 is 0.970 bits per heavy atom. The number of carbonyl (C=O) groups is 2. The fourth-order valence-electron chi connectivity index (χ4n) is 3.70. The van der Waals surface area contributed by atoms with Crippen molar-refractivity contribution < 1.29 is 14.3 Å². The molecule has 5 nitrogen and oxygen atoms in total. The maximum atomic E-state index is 12.9. The minimum atomic E-state index is -0.233. The summed E-state index contributed by atoms with van der Waals surface area (Å²) in [6.45, 7) is 7.38. The van der Waals surface area contributed by atoms with Crippen LogP contribution in [-0.4, -0.2) is 25.0 Å². The van der Waals surface area contributed by atoms with Crippen LogP contribution in [0.15, 0.2) is 78.9 Å². The van der Waals surface area contributed by atoms with E-state index >= 15 is 0 Å². The monoisotopic (exact) mass is 440 g/mol. The predicted octanol–water partition coefficient (Wildman–Crippen LogP) is 5.68. The number of nitrogens with zero attached hydrogens (tertiary/aromatic N) is 1. The van der Waals surface area contributed by atoms with E-state index in [1.54, 1.807) is 41.3 Å². The van der Waals surface area contributed by atoms with Crippen molar-refractivity contribution in [3.8, 4) is 5.75 Å². The Bertz CT molecular complexity index is 1180. The lowest BCUT2D eigenvalue weighted by molar-refractivity contribution is -0.111. The number of nitrogens with one attached hydrogen (secondary N) is 1. The molecule has 5 heteroatoms. The van der Waals surface area contributed by atoms with Gasteiger partial charge in [0.1, 0.15) is 12.4 Å². The van der Waals surface area contributed by atoms with Crippen molar-refractivity contribution in [1.29, 1.82) is 0 Å². The highest BCUT2D eigenvalue weighted by molar-refractivity contribution is 6.07. The van der Waals surface area contributed by atoms with E-state index in [0.29, 0.717) is 35.8 Å². The smallest absolute Gasteiger partial charge is 0.258 e. The van der Waals surface area contributed by atoms with Crippen molar-refractivity contribution in [2.75, 3.05) is 23.4 Å². The van der Waals surface area contributed by atoms with Crippen LogP contribution in [0.1, 0.15) is 42.3 Å². The first-order valence-corrected chi connectivity index (χ1v) is 11.0. The minimum absolute atomic E-state index is 0.0719. The quantitative estimate of drug-likeness (QED) is 0.532. The molecule has 0 radical (unpaired) electrons. The summed E-state index contributed by atoms with van der Waals surface area (Å²) in [5.41, 5.74) is 4.24. The number of anilines is 2. The fraction of sp³-hybridized carbons (Fsp3) is 0.214. The highest BCUT2D eigenvalue weighted by Crippen LogP contribution is 2.35. The third-order valence-electron chi connectivity index (χ3n) is 5.56. The summed E-state index contributed by atoms with van der Waals surface area (Å²) in [5.74, 6) is 0.269. The van der Waals surface area contributed by atoms with E-state index < -0.39 is 0 Å². The van der Waals surface area contributed by atoms with Gasteiger partial charge in [-0.15, -0.1) is 0 Å². The zero-order chi connectivity index (χ0) is 23.4. The van der Waals surface area contributed by atoms with Gasteiger partial charge in [0, 0.05) is 23.4 Å². The van der Waals surface area contributed by atoms with E-state index in [9.17, 15) is 9.59 Å². The summed E-state index contributed by atoms with van der Waals surface area (Å²) in [7, 11) is 0. The second-order valence-corrected chi connectivity index (χ2v) is 9.05. The van der Waals surface area contributed by atoms with Gasteiger partial charge in [0.2, 0.25) is 5.91 Å². The number of amides is 2. The first-order chi connectivity index (χ1) is 15.8. The maximum absolute atomic E-state index is 12.9. The van der Waals surface area contributed by atoms with Crippen LogP contribution >= 0.6 is 0 Å². The van der Waals surface area contributed by atoms with Crippen molar-refractivity contribution in [3.63, 3.8) is 0 Å². The van der Waals surface area contributed by atoms with Gasteiger partial charge in [0.25, 0.3) is 5.91 Å². The number of hydrogen-bond donors (Lipinski definition) is 1. The van der Waals surface area contributed by atoms with Crippen molar-refractivity contribution in [2.45, 2.75) is 26.2 Å². The molecule has 1 aliphatic rings. The lowest BCUT2D eigenvalue weighted by atomic mass is 9.87. The number of benzene rings is 3. The van der Waals surface area contributed by atoms with Gasteiger partial charge in [0.05, 0.1) is 12.2 Å². The molecular weight excluding hydrogens is 412 g/mol. The molecule has 1 aliphatic heterocycles. The van der Waals surface area contributed by atoms with Crippen LogP contribution in [0.25, 0.3) is 6.08 Å². The Kier molecular flexibility index (Phi) is 6.31. The van der Waals surface area contributed by atoms with Crippen molar-refractivity contribution in [2.24, 2.45) is 0 Å². The summed E-state index contributed by atoms with van der Waals surface area (Å²) in [6.07, 6.45) is 3.30. The van der Waals surface area contributed by atoms with Gasteiger partial charge in [-0.05, 0) is 46.9 Å². The molecule has 3 aromatic carbocycles. The summed E-state index contributed by atoms with van der Waals surface area (Å²) in [6, 6.07) is 22.7. The largest absolute Gasteiger partial charge is 0.489 e. The number of fused-ring (bicyclic) bond motifs is 1. The SMILES string of the molecule is CC(C)(C)c1ccc(/C=C/C(=O)Nc2ccc3c(c2)OCCN3C(=O)c2ccccc2)cc1.